The zero-order chi connectivity index (χ0) is 21.3. The number of aromatic nitrogens is 2. The summed E-state index contributed by atoms with van der Waals surface area (Å²) in [5, 5.41) is 0.817. The Morgan fingerprint density at radius 1 is 1.17 bits per heavy atom. The predicted octanol–water partition coefficient (Wildman–Crippen LogP) is 2.46. The molecule has 0 radical (unpaired) electrons. The number of H-pyrrole nitrogens is 1. The number of fused-ring (bicyclic) bond motifs is 1. The number of pyridine rings is 2. The highest BCUT2D eigenvalue weighted by atomic mass is 19.4. The van der Waals surface area contributed by atoms with Gasteiger partial charge in [-0.25, -0.2) is 0 Å². The molecule has 1 aliphatic rings. The van der Waals surface area contributed by atoms with Crippen molar-refractivity contribution in [1.82, 2.24) is 9.97 Å². The van der Waals surface area contributed by atoms with E-state index in [0.717, 1.165) is 11.4 Å². The Bertz CT molecular complexity index is 1280. The lowest BCUT2D eigenvalue weighted by Crippen LogP contribution is -2.33. The fourth-order valence-corrected chi connectivity index (χ4v) is 3.27. The van der Waals surface area contributed by atoms with Crippen LogP contribution in [0.25, 0.3) is 17.2 Å². The van der Waals surface area contributed by atoms with Gasteiger partial charge >= 0.3 is 6.18 Å². The number of nitrogens with one attached hydrogen (secondary N) is 1. The van der Waals surface area contributed by atoms with E-state index in [9.17, 15) is 18.0 Å². The minimum Gasteiger partial charge on any atom is -0.493 e. The zero-order valence-electron chi connectivity index (χ0n) is 15.8. The average Bonchev–Trinajstić information content (AvgIpc) is 3.19. The van der Waals surface area contributed by atoms with Crippen molar-refractivity contribution < 1.29 is 22.6 Å². The van der Waals surface area contributed by atoms with Gasteiger partial charge in [0.05, 0.1) is 19.2 Å². The molecule has 0 unspecified atom stereocenters. The lowest BCUT2D eigenvalue weighted by atomic mass is 10.0. The minimum atomic E-state index is -4.52. The third-order valence-corrected chi connectivity index (χ3v) is 4.68. The fraction of sp³-hybridized carbons (Fsp3) is 0.190. The molecule has 0 spiro atoms. The summed E-state index contributed by atoms with van der Waals surface area (Å²) in [6.07, 6.45) is -0.569. The summed E-state index contributed by atoms with van der Waals surface area (Å²) < 4.78 is 50.4. The number of methoxy groups -OCH3 is 1. The van der Waals surface area contributed by atoms with Gasteiger partial charge in [0.1, 0.15) is 12.1 Å². The van der Waals surface area contributed by atoms with E-state index < -0.39 is 11.7 Å². The molecule has 1 aliphatic heterocycles. The second kappa shape index (κ2) is 7.66. The van der Waals surface area contributed by atoms with Crippen LogP contribution >= 0.6 is 0 Å². The summed E-state index contributed by atoms with van der Waals surface area (Å²) >= 11 is 0. The Morgan fingerprint density at radius 2 is 2.00 bits per heavy atom. The number of aromatic amines is 1. The molecule has 6 nitrogen and oxygen atoms in total. The van der Waals surface area contributed by atoms with E-state index in [0.29, 0.717) is 28.9 Å². The summed E-state index contributed by atoms with van der Waals surface area (Å²) in [4.78, 5) is 22.4. The van der Waals surface area contributed by atoms with Gasteiger partial charge in [0.25, 0.3) is 0 Å². The number of ether oxygens (including phenoxy) is 2. The average molecular weight is 415 g/mol. The quantitative estimate of drug-likeness (QED) is 0.695. The van der Waals surface area contributed by atoms with E-state index in [1.807, 2.05) is 6.08 Å². The van der Waals surface area contributed by atoms with E-state index in [1.165, 1.54) is 25.4 Å². The molecule has 0 atom stereocenters. The molecular weight excluding hydrogens is 399 g/mol. The van der Waals surface area contributed by atoms with Crippen LogP contribution in [0.1, 0.15) is 11.1 Å². The molecule has 2 aromatic heterocycles. The standard InChI is InChI=1S/C21H16F3N3O3/c1-29-18-8-12(15-9-19(28)27-20-14(15)5-7-26-20)2-3-17(18)30-11-13-4-6-25-10-16(13)21(22,23)24/h2-6,8-10H,7,11H2,1H3,(H,26,27,28). The van der Waals surface area contributed by atoms with Crippen LogP contribution in [0, 0.1) is 0 Å². The van der Waals surface area contributed by atoms with Gasteiger partial charge in [0.2, 0.25) is 5.56 Å². The van der Waals surface area contributed by atoms with Crippen molar-refractivity contribution in [3.8, 4) is 22.6 Å². The normalized spacial score (nSPS) is 12.7. The molecule has 1 N–H and O–H groups in total. The Morgan fingerprint density at radius 3 is 2.77 bits per heavy atom. The first-order chi connectivity index (χ1) is 14.4. The summed E-state index contributed by atoms with van der Waals surface area (Å²) in [6.45, 7) is 0.175. The van der Waals surface area contributed by atoms with Crippen molar-refractivity contribution >= 4 is 6.08 Å². The van der Waals surface area contributed by atoms with Crippen molar-refractivity contribution in [3.05, 3.63) is 74.9 Å². The van der Waals surface area contributed by atoms with E-state index in [2.05, 4.69) is 15.0 Å². The largest absolute Gasteiger partial charge is 0.493 e. The van der Waals surface area contributed by atoms with Crippen LogP contribution in [0.2, 0.25) is 0 Å². The molecule has 0 bridgehead atoms. The number of halogens is 3. The Balaban J connectivity index is 1.66. The predicted molar refractivity (Wildman–Crippen MR) is 103 cm³/mol. The van der Waals surface area contributed by atoms with Gasteiger partial charge in [-0.3, -0.25) is 14.8 Å². The van der Waals surface area contributed by atoms with E-state index in [-0.39, 0.29) is 23.5 Å². The van der Waals surface area contributed by atoms with Crippen LogP contribution in [-0.4, -0.2) is 23.6 Å². The number of alkyl halides is 3. The molecule has 0 amide bonds. The second-order valence-electron chi connectivity index (χ2n) is 6.54. The first-order valence-electron chi connectivity index (χ1n) is 8.96. The van der Waals surface area contributed by atoms with Crippen LogP contribution in [-0.2, 0) is 12.8 Å². The highest BCUT2D eigenvalue weighted by molar-refractivity contribution is 5.68. The molecule has 0 saturated heterocycles. The van der Waals surface area contributed by atoms with Crippen molar-refractivity contribution in [2.75, 3.05) is 13.7 Å². The lowest BCUT2D eigenvalue weighted by molar-refractivity contribution is -0.138. The van der Waals surface area contributed by atoms with Gasteiger partial charge in [-0.1, -0.05) is 12.1 Å². The summed E-state index contributed by atoms with van der Waals surface area (Å²) in [6, 6.07) is 7.73. The molecule has 9 heteroatoms. The maximum absolute atomic E-state index is 13.1. The number of hydrogen-bond acceptors (Lipinski definition) is 5. The number of rotatable bonds is 5. The van der Waals surface area contributed by atoms with Crippen LogP contribution in [0.4, 0.5) is 13.2 Å². The third kappa shape index (κ3) is 3.78. The van der Waals surface area contributed by atoms with E-state index >= 15 is 0 Å². The van der Waals surface area contributed by atoms with Crippen molar-refractivity contribution in [2.24, 2.45) is 4.99 Å². The van der Waals surface area contributed by atoms with Crippen LogP contribution in [0.3, 0.4) is 0 Å². The Hall–Kier alpha value is -3.62. The van der Waals surface area contributed by atoms with Crippen LogP contribution in [0.15, 0.2) is 52.5 Å². The fourth-order valence-electron chi connectivity index (χ4n) is 3.27. The van der Waals surface area contributed by atoms with Crippen molar-refractivity contribution in [3.63, 3.8) is 0 Å². The van der Waals surface area contributed by atoms with Gasteiger partial charge in [-0.2, -0.15) is 13.2 Å². The second-order valence-corrected chi connectivity index (χ2v) is 6.54. The zero-order valence-corrected chi connectivity index (χ0v) is 15.8. The molecule has 4 rings (SSSR count). The molecule has 0 saturated carbocycles. The van der Waals surface area contributed by atoms with Gasteiger partial charge in [0.15, 0.2) is 11.5 Å². The molecule has 1 aromatic carbocycles. The maximum atomic E-state index is 13.1. The van der Waals surface area contributed by atoms with E-state index in [1.54, 1.807) is 18.2 Å². The maximum Gasteiger partial charge on any atom is 0.418 e. The molecule has 3 aromatic rings. The first kappa shape index (κ1) is 19.7. The molecule has 30 heavy (non-hydrogen) atoms. The van der Waals surface area contributed by atoms with Crippen molar-refractivity contribution in [1.29, 1.82) is 0 Å². The molecular formula is C21H16F3N3O3. The van der Waals surface area contributed by atoms with Gasteiger partial charge in [-0.15, -0.1) is 0 Å². The van der Waals surface area contributed by atoms with Gasteiger partial charge < -0.3 is 14.5 Å². The minimum absolute atomic E-state index is 0.0349. The van der Waals surface area contributed by atoms with Gasteiger partial charge in [-0.05, 0) is 29.3 Å². The molecule has 0 fully saturated rings. The smallest absolute Gasteiger partial charge is 0.418 e. The molecule has 0 aliphatic carbocycles. The monoisotopic (exact) mass is 415 g/mol. The van der Waals surface area contributed by atoms with Crippen molar-refractivity contribution in [2.45, 2.75) is 12.8 Å². The van der Waals surface area contributed by atoms with Crippen LogP contribution < -0.4 is 25.7 Å². The highest BCUT2D eigenvalue weighted by Gasteiger charge is 2.33. The summed E-state index contributed by atoms with van der Waals surface area (Å²) in [7, 11) is 1.43. The molecule has 154 valence electrons. The third-order valence-electron chi connectivity index (χ3n) is 4.68. The molecule has 3 heterocycles. The SMILES string of the molecule is COc1cc(-c2cc(=O)[nH]c3c2=CCN=3)ccc1OCc1ccncc1C(F)(F)F. The lowest BCUT2D eigenvalue weighted by Gasteiger charge is -2.15. The highest BCUT2D eigenvalue weighted by Crippen LogP contribution is 2.34. The first-order valence-corrected chi connectivity index (χ1v) is 8.96. The number of hydrogen-bond donors (Lipinski definition) is 1. The summed E-state index contributed by atoms with van der Waals surface area (Å²) in [5.41, 5.74) is 0.753. The van der Waals surface area contributed by atoms with Gasteiger partial charge in [0, 0.05) is 29.2 Å². The van der Waals surface area contributed by atoms with Crippen LogP contribution in [0.5, 0.6) is 11.5 Å². The summed E-state index contributed by atoms with van der Waals surface area (Å²) in [5.74, 6) is 0.612. The topological polar surface area (TPSA) is 76.6 Å². The van der Waals surface area contributed by atoms with E-state index in [4.69, 9.17) is 9.47 Å². The Labute approximate surface area is 168 Å². The number of benzene rings is 1. The Kier molecular flexibility index (Phi) is 5.03. The number of nitrogens with zero attached hydrogens (tertiary/aromatic N) is 2.